The van der Waals surface area contributed by atoms with Crippen LogP contribution in [-0.4, -0.2) is 43.8 Å². The van der Waals surface area contributed by atoms with Gasteiger partial charge in [0, 0.05) is 12.6 Å². The maximum atomic E-state index is 14.1. The number of amides is 2. The lowest BCUT2D eigenvalue weighted by Crippen LogP contribution is -2.53. The van der Waals surface area contributed by atoms with E-state index in [9.17, 15) is 18.0 Å². The average Bonchev–Trinajstić information content (AvgIpc) is 2.89. The maximum Gasteiger partial charge on any atom is 0.264 e. The number of carbonyl (C=O) groups excluding carboxylic acids is 2. The molecule has 1 atom stereocenters. The molecule has 8 heteroatoms. The van der Waals surface area contributed by atoms with Crippen molar-refractivity contribution in [1.29, 1.82) is 0 Å². The van der Waals surface area contributed by atoms with Crippen molar-refractivity contribution >= 4 is 27.5 Å². The zero-order valence-electron chi connectivity index (χ0n) is 23.6. The van der Waals surface area contributed by atoms with Crippen LogP contribution in [0, 0.1) is 20.8 Å². The van der Waals surface area contributed by atoms with Gasteiger partial charge in [0.25, 0.3) is 10.0 Å². The third kappa shape index (κ3) is 7.26. The summed E-state index contributed by atoms with van der Waals surface area (Å²) in [5.74, 6) is -0.722. The van der Waals surface area contributed by atoms with Gasteiger partial charge in [0.1, 0.15) is 12.6 Å². The molecular weight excluding hydrogens is 510 g/mol. The van der Waals surface area contributed by atoms with Gasteiger partial charge in [-0.15, -0.1) is 0 Å². The summed E-state index contributed by atoms with van der Waals surface area (Å²) in [6, 6.07) is 20.2. The summed E-state index contributed by atoms with van der Waals surface area (Å²) in [7, 11) is -4.08. The Hall–Kier alpha value is -3.65. The Morgan fingerprint density at radius 1 is 0.846 bits per heavy atom. The number of aryl methyl sites for hydroxylation is 3. The number of anilines is 1. The largest absolute Gasteiger partial charge is 0.352 e. The van der Waals surface area contributed by atoms with Gasteiger partial charge in [0.05, 0.1) is 10.6 Å². The van der Waals surface area contributed by atoms with Gasteiger partial charge < -0.3 is 10.2 Å². The normalized spacial score (nSPS) is 12.2. The molecule has 1 N–H and O–H groups in total. The number of benzene rings is 3. The summed E-state index contributed by atoms with van der Waals surface area (Å²) in [5, 5.41) is 2.92. The molecule has 0 radical (unpaired) electrons. The van der Waals surface area contributed by atoms with Gasteiger partial charge in [-0.2, -0.15) is 0 Å². The minimum absolute atomic E-state index is 0.0890. The van der Waals surface area contributed by atoms with Crippen molar-refractivity contribution in [2.75, 3.05) is 10.8 Å². The summed E-state index contributed by atoms with van der Waals surface area (Å²) in [6.07, 6.45) is 0.380. The molecule has 0 unspecified atom stereocenters. The number of hydrogen-bond acceptors (Lipinski definition) is 4. The van der Waals surface area contributed by atoms with E-state index in [1.807, 2.05) is 71.9 Å². The molecule has 39 heavy (non-hydrogen) atoms. The Labute approximate surface area is 232 Å². The van der Waals surface area contributed by atoms with Crippen LogP contribution in [0.4, 0.5) is 5.69 Å². The highest BCUT2D eigenvalue weighted by molar-refractivity contribution is 7.92. The lowest BCUT2D eigenvalue weighted by molar-refractivity contribution is -0.140. The van der Waals surface area contributed by atoms with Crippen LogP contribution in [-0.2, 0) is 26.2 Å². The van der Waals surface area contributed by atoms with Crippen LogP contribution in [0.1, 0.15) is 49.4 Å². The molecule has 3 aromatic rings. The van der Waals surface area contributed by atoms with E-state index in [2.05, 4.69) is 5.32 Å². The molecule has 3 rings (SSSR count). The topological polar surface area (TPSA) is 86.8 Å². The first-order chi connectivity index (χ1) is 18.4. The molecule has 7 nitrogen and oxygen atoms in total. The van der Waals surface area contributed by atoms with Gasteiger partial charge in [0.2, 0.25) is 11.8 Å². The van der Waals surface area contributed by atoms with Crippen LogP contribution in [0.25, 0.3) is 0 Å². The molecule has 208 valence electrons. The summed E-state index contributed by atoms with van der Waals surface area (Å²) >= 11 is 0. The van der Waals surface area contributed by atoms with Gasteiger partial charge in [-0.05, 0) is 87.6 Å². The van der Waals surface area contributed by atoms with E-state index in [-0.39, 0.29) is 23.4 Å². The first-order valence-corrected chi connectivity index (χ1v) is 14.7. The molecule has 0 bridgehead atoms. The summed E-state index contributed by atoms with van der Waals surface area (Å²) in [5.41, 5.74) is 4.20. The number of carbonyl (C=O) groups is 2. The SMILES string of the molecule is CC[C@@H](C(=O)NC(C)C)N(Cc1ccccc1C)C(=O)CN(c1ccc(C)c(C)c1)S(=O)(=O)c1ccccc1. The lowest BCUT2D eigenvalue weighted by atomic mass is 10.1. The third-order valence-corrected chi connectivity index (χ3v) is 8.60. The van der Waals surface area contributed by atoms with E-state index in [0.29, 0.717) is 12.1 Å². The van der Waals surface area contributed by atoms with Crippen molar-refractivity contribution < 1.29 is 18.0 Å². The Morgan fingerprint density at radius 3 is 2.08 bits per heavy atom. The molecule has 3 aromatic carbocycles. The number of hydrogen-bond donors (Lipinski definition) is 1. The maximum absolute atomic E-state index is 14.1. The molecule has 0 fully saturated rings. The second kappa shape index (κ2) is 12.9. The second-order valence-electron chi connectivity index (χ2n) is 10.1. The van der Waals surface area contributed by atoms with Crippen LogP contribution in [0.3, 0.4) is 0 Å². The predicted molar refractivity (Wildman–Crippen MR) is 156 cm³/mol. The molecule has 0 spiro atoms. The Kier molecular flexibility index (Phi) is 9.92. The van der Waals surface area contributed by atoms with Crippen molar-refractivity contribution in [2.24, 2.45) is 0 Å². The van der Waals surface area contributed by atoms with Crippen molar-refractivity contribution in [1.82, 2.24) is 10.2 Å². The number of rotatable bonds is 11. The fraction of sp³-hybridized carbons (Fsp3) is 0.355. The van der Waals surface area contributed by atoms with E-state index in [4.69, 9.17) is 0 Å². The van der Waals surface area contributed by atoms with Crippen LogP contribution in [0.15, 0.2) is 77.7 Å². The molecule has 0 saturated carbocycles. The lowest BCUT2D eigenvalue weighted by Gasteiger charge is -2.34. The second-order valence-corrected chi connectivity index (χ2v) is 12.0. The Balaban J connectivity index is 2.09. The van der Waals surface area contributed by atoms with E-state index in [1.165, 1.54) is 17.0 Å². The highest BCUT2D eigenvalue weighted by atomic mass is 32.2. The first kappa shape index (κ1) is 29.9. The van der Waals surface area contributed by atoms with Gasteiger partial charge in [0.15, 0.2) is 0 Å². The molecule has 0 aromatic heterocycles. The van der Waals surface area contributed by atoms with Gasteiger partial charge >= 0.3 is 0 Å². The number of nitrogens with zero attached hydrogens (tertiary/aromatic N) is 2. The van der Waals surface area contributed by atoms with Crippen molar-refractivity contribution in [3.05, 3.63) is 95.1 Å². The molecule has 0 aliphatic carbocycles. The Morgan fingerprint density at radius 2 is 1.49 bits per heavy atom. The average molecular weight is 550 g/mol. The third-order valence-electron chi connectivity index (χ3n) is 6.81. The fourth-order valence-corrected chi connectivity index (χ4v) is 5.83. The molecule has 0 aliphatic rings. The molecule has 0 heterocycles. The molecule has 2 amide bonds. The Bertz CT molecular complexity index is 1400. The van der Waals surface area contributed by atoms with E-state index >= 15 is 0 Å². The van der Waals surface area contributed by atoms with E-state index in [0.717, 1.165) is 26.6 Å². The minimum Gasteiger partial charge on any atom is -0.352 e. The highest BCUT2D eigenvalue weighted by Crippen LogP contribution is 2.27. The van der Waals surface area contributed by atoms with Crippen LogP contribution in [0.5, 0.6) is 0 Å². The van der Waals surface area contributed by atoms with Crippen molar-refractivity contribution in [3.8, 4) is 0 Å². The predicted octanol–water partition coefficient (Wildman–Crippen LogP) is 5.14. The monoisotopic (exact) mass is 549 g/mol. The van der Waals surface area contributed by atoms with Gasteiger partial charge in [-0.25, -0.2) is 8.42 Å². The fourth-order valence-electron chi connectivity index (χ4n) is 4.40. The summed E-state index contributed by atoms with van der Waals surface area (Å²) in [4.78, 5) is 28.9. The van der Waals surface area contributed by atoms with Crippen LogP contribution < -0.4 is 9.62 Å². The number of sulfonamides is 1. The standard InChI is InChI=1S/C31H39N3O4S/c1-7-29(31(36)32-22(2)3)33(20-26-14-12-11-13-24(26)5)30(35)21-34(27-18-17-23(4)25(6)19-27)39(37,38)28-15-9-8-10-16-28/h8-19,22,29H,7,20-21H2,1-6H3,(H,32,36)/t29-/m0/s1. The van der Waals surface area contributed by atoms with Crippen molar-refractivity contribution in [2.45, 2.75) is 71.5 Å². The first-order valence-electron chi connectivity index (χ1n) is 13.2. The molecule has 0 aliphatic heterocycles. The van der Waals surface area contributed by atoms with E-state index < -0.39 is 28.5 Å². The van der Waals surface area contributed by atoms with Crippen molar-refractivity contribution in [3.63, 3.8) is 0 Å². The minimum atomic E-state index is -4.08. The van der Waals surface area contributed by atoms with Gasteiger partial charge in [-0.3, -0.25) is 13.9 Å². The summed E-state index contributed by atoms with van der Waals surface area (Å²) < 4.78 is 28.9. The smallest absolute Gasteiger partial charge is 0.264 e. The van der Waals surface area contributed by atoms with Crippen LogP contribution in [0.2, 0.25) is 0 Å². The summed E-state index contributed by atoms with van der Waals surface area (Å²) in [6.45, 7) is 11.1. The number of nitrogens with one attached hydrogen (secondary N) is 1. The molecule has 0 saturated heterocycles. The van der Waals surface area contributed by atoms with E-state index in [1.54, 1.807) is 30.3 Å². The zero-order chi connectivity index (χ0) is 28.7. The quantitative estimate of drug-likeness (QED) is 0.359. The zero-order valence-corrected chi connectivity index (χ0v) is 24.5. The highest BCUT2D eigenvalue weighted by Gasteiger charge is 2.34. The van der Waals surface area contributed by atoms with Crippen LogP contribution >= 0.6 is 0 Å². The van der Waals surface area contributed by atoms with Gasteiger partial charge in [-0.1, -0.05) is 55.5 Å². The molecular formula is C31H39N3O4S.